The van der Waals surface area contributed by atoms with E-state index in [1.54, 1.807) is 10.9 Å². The zero-order valence-electron chi connectivity index (χ0n) is 11.0. The van der Waals surface area contributed by atoms with Crippen LogP contribution in [0.5, 0.6) is 0 Å². The predicted molar refractivity (Wildman–Crippen MR) is 66.8 cm³/mol. The van der Waals surface area contributed by atoms with Crippen LogP contribution in [-0.4, -0.2) is 39.8 Å². The molecule has 0 aliphatic carbocycles. The van der Waals surface area contributed by atoms with E-state index in [4.69, 9.17) is 0 Å². The summed E-state index contributed by atoms with van der Waals surface area (Å²) in [5.74, 6) is -0.0982. The number of hydrogen-bond acceptors (Lipinski definition) is 4. The maximum atomic E-state index is 11.8. The van der Waals surface area contributed by atoms with Gasteiger partial charge >= 0.3 is 0 Å². The van der Waals surface area contributed by atoms with Crippen molar-refractivity contribution in [1.29, 1.82) is 0 Å². The molecule has 0 aliphatic rings. The van der Waals surface area contributed by atoms with Crippen molar-refractivity contribution in [3.05, 3.63) is 23.7 Å². The van der Waals surface area contributed by atoms with Crippen LogP contribution in [0.25, 0.3) is 0 Å². The minimum Gasteiger partial charge on any atom is -0.383 e. The predicted octanol–water partition coefficient (Wildman–Crippen LogP) is 1.64. The van der Waals surface area contributed by atoms with Crippen LogP contribution in [0.15, 0.2) is 12.3 Å². The zero-order valence-corrected chi connectivity index (χ0v) is 11.0. The van der Waals surface area contributed by atoms with Gasteiger partial charge in [0.15, 0.2) is 5.69 Å². The first-order valence-corrected chi connectivity index (χ1v) is 5.85. The number of rotatable bonds is 6. The molecule has 0 aliphatic heterocycles. The largest absolute Gasteiger partial charge is 0.383 e. The van der Waals surface area contributed by atoms with Gasteiger partial charge in [-0.25, -0.2) is 4.68 Å². The molecule has 0 saturated carbocycles. The molecule has 1 rings (SSSR count). The lowest BCUT2D eigenvalue weighted by molar-refractivity contribution is 0.104. The Kier molecular flexibility index (Phi) is 4.87. The van der Waals surface area contributed by atoms with Crippen LogP contribution in [0.1, 0.15) is 35.9 Å². The third kappa shape index (κ3) is 3.69. The summed E-state index contributed by atoms with van der Waals surface area (Å²) in [6.07, 6.45) is 5.38. The Morgan fingerprint density at radius 2 is 2.18 bits per heavy atom. The first-order valence-electron chi connectivity index (χ1n) is 5.85. The lowest BCUT2D eigenvalue weighted by Gasteiger charge is -2.02. The maximum absolute atomic E-state index is 11.8. The van der Waals surface area contributed by atoms with Crippen LogP contribution in [-0.2, 0) is 6.54 Å². The summed E-state index contributed by atoms with van der Waals surface area (Å²) in [4.78, 5) is 13.6. The first-order chi connectivity index (χ1) is 8.06. The summed E-state index contributed by atoms with van der Waals surface area (Å²) in [6.45, 7) is 4.82. The van der Waals surface area contributed by atoms with E-state index in [2.05, 4.69) is 17.2 Å². The molecule has 1 aromatic heterocycles. The molecule has 94 valence electrons. The Labute approximate surface area is 102 Å². The van der Waals surface area contributed by atoms with Gasteiger partial charge in [-0.2, -0.15) is 0 Å². The van der Waals surface area contributed by atoms with Crippen molar-refractivity contribution < 1.29 is 4.79 Å². The normalized spacial score (nSPS) is 11.1. The molecule has 0 aromatic carbocycles. The van der Waals surface area contributed by atoms with Crippen LogP contribution >= 0.6 is 0 Å². The van der Waals surface area contributed by atoms with Crippen molar-refractivity contribution in [2.45, 2.75) is 33.2 Å². The molecule has 0 unspecified atom stereocenters. The number of carbonyl (C=O) groups excluding carboxylic acids is 1. The average molecular weight is 236 g/mol. The van der Waals surface area contributed by atoms with E-state index in [1.165, 1.54) is 6.08 Å². The number of hydrogen-bond donors (Lipinski definition) is 0. The van der Waals surface area contributed by atoms with Gasteiger partial charge < -0.3 is 4.90 Å². The number of unbranched alkanes of at least 4 members (excludes halogenated alkanes) is 1. The Bertz CT molecular complexity index is 407. The number of ketones is 1. The van der Waals surface area contributed by atoms with Crippen molar-refractivity contribution in [3.8, 4) is 0 Å². The van der Waals surface area contributed by atoms with E-state index in [-0.39, 0.29) is 5.78 Å². The summed E-state index contributed by atoms with van der Waals surface area (Å²) < 4.78 is 1.79. The minimum absolute atomic E-state index is 0.0982. The number of nitrogens with zero attached hydrogens (tertiary/aromatic N) is 4. The van der Waals surface area contributed by atoms with Gasteiger partial charge in [-0.15, -0.1) is 5.10 Å². The van der Waals surface area contributed by atoms with Crippen molar-refractivity contribution in [2.24, 2.45) is 0 Å². The van der Waals surface area contributed by atoms with Gasteiger partial charge in [0.05, 0.1) is 5.69 Å². The SMILES string of the molecule is CCCCn1nnc(C(=O)C=CN(C)C)c1C. The molecule has 0 radical (unpaired) electrons. The van der Waals surface area contributed by atoms with Gasteiger partial charge in [-0.3, -0.25) is 4.79 Å². The number of aryl methyl sites for hydroxylation is 1. The Hall–Kier alpha value is -1.65. The summed E-state index contributed by atoms with van der Waals surface area (Å²) >= 11 is 0. The molecule has 1 aromatic rings. The summed E-state index contributed by atoms with van der Waals surface area (Å²) in [6, 6.07) is 0. The third-order valence-electron chi connectivity index (χ3n) is 2.46. The van der Waals surface area contributed by atoms with Crippen LogP contribution in [0.2, 0.25) is 0 Å². The minimum atomic E-state index is -0.0982. The van der Waals surface area contributed by atoms with Crippen LogP contribution < -0.4 is 0 Å². The van der Waals surface area contributed by atoms with Crippen molar-refractivity contribution in [1.82, 2.24) is 19.9 Å². The molecular formula is C12H20N4O. The molecule has 5 nitrogen and oxygen atoms in total. The zero-order chi connectivity index (χ0) is 12.8. The summed E-state index contributed by atoms with van der Waals surface area (Å²) in [7, 11) is 3.74. The standard InChI is InChI=1S/C12H20N4O/c1-5-6-8-16-10(2)12(13-14-16)11(17)7-9-15(3)4/h7,9H,5-6,8H2,1-4H3. The van der Waals surface area contributed by atoms with E-state index in [0.717, 1.165) is 25.1 Å². The summed E-state index contributed by atoms with van der Waals surface area (Å²) in [5.41, 5.74) is 1.28. The van der Waals surface area contributed by atoms with Gasteiger partial charge in [0, 0.05) is 32.9 Å². The molecule has 5 heteroatoms. The van der Waals surface area contributed by atoms with Gasteiger partial charge in [-0.05, 0) is 13.3 Å². The highest BCUT2D eigenvalue weighted by Gasteiger charge is 2.13. The van der Waals surface area contributed by atoms with E-state index in [1.807, 2.05) is 25.9 Å². The van der Waals surface area contributed by atoms with Gasteiger partial charge in [-0.1, -0.05) is 18.6 Å². The highest BCUT2D eigenvalue weighted by Crippen LogP contribution is 2.07. The first kappa shape index (κ1) is 13.4. The topological polar surface area (TPSA) is 51.0 Å². The van der Waals surface area contributed by atoms with E-state index in [9.17, 15) is 4.79 Å². The fourth-order valence-corrected chi connectivity index (χ4v) is 1.40. The van der Waals surface area contributed by atoms with Crippen molar-refractivity contribution >= 4 is 5.78 Å². The maximum Gasteiger partial charge on any atom is 0.209 e. The fraction of sp³-hybridized carbons (Fsp3) is 0.583. The lowest BCUT2D eigenvalue weighted by atomic mass is 10.2. The molecule has 0 fully saturated rings. The highest BCUT2D eigenvalue weighted by atomic mass is 16.1. The van der Waals surface area contributed by atoms with E-state index >= 15 is 0 Å². The highest BCUT2D eigenvalue weighted by molar-refractivity contribution is 6.03. The molecule has 0 N–H and O–H groups in total. The average Bonchev–Trinajstić information content (AvgIpc) is 2.65. The number of carbonyl (C=O) groups is 1. The van der Waals surface area contributed by atoms with Crippen LogP contribution in [0, 0.1) is 6.92 Å². The van der Waals surface area contributed by atoms with E-state index < -0.39 is 0 Å². The third-order valence-corrected chi connectivity index (χ3v) is 2.46. The Morgan fingerprint density at radius 1 is 1.47 bits per heavy atom. The second-order valence-corrected chi connectivity index (χ2v) is 4.24. The van der Waals surface area contributed by atoms with Crippen molar-refractivity contribution in [3.63, 3.8) is 0 Å². The molecule has 0 bridgehead atoms. The molecule has 1 heterocycles. The van der Waals surface area contributed by atoms with Gasteiger partial charge in [0.1, 0.15) is 0 Å². The molecule has 0 amide bonds. The van der Waals surface area contributed by atoms with Gasteiger partial charge in [0.25, 0.3) is 0 Å². The quantitative estimate of drug-likeness (QED) is 0.556. The Morgan fingerprint density at radius 3 is 2.76 bits per heavy atom. The second kappa shape index (κ2) is 6.18. The number of aromatic nitrogens is 3. The van der Waals surface area contributed by atoms with Gasteiger partial charge in [0.2, 0.25) is 5.78 Å². The molecule has 17 heavy (non-hydrogen) atoms. The lowest BCUT2D eigenvalue weighted by Crippen LogP contribution is -2.06. The second-order valence-electron chi connectivity index (χ2n) is 4.24. The molecular weight excluding hydrogens is 216 g/mol. The van der Waals surface area contributed by atoms with E-state index in [0.29, 0.717) is 5.69 Å². The molecule has 0 saturated heterocycles. The molecule has 0 atom stereocenters. The number of allylic oxidation sites excluding steroid dienone is 1. The smallest absolute Gasteiger partial charge is 0.209 e. The van der Waals surface area contributed by atoms with Crippen LogP contribution in [0.3, 0.4) is 0 Å². The summed E-state index contributed by atoms with van der Waals surface area (Å²) in [5, 5.41) is 7.94. The molecule has 0 spiro atoms. The monoisotopic (exact) mass is 236 g/mol. The fourth-order valence-electron chi connectivity index (χ4n) is 1.40. The van der Waals surface area contributed by atoms with Crippen molar-refractivity contribution in [2.75, 3.05) is 14.1 Å². The van der Waals surface area contributed by atoms with Crippen LogP contribution in [0.4, 0.5) is 0 Å². The Balaban J connectivity index is 2.78.